The molecule has 0 aliphatic carbocycles. The number of aryl methyl sites for hydroxylation is 2. The highest BCUT2D eigenvalue weighted by Gasteiger charge is 2.46. The lowest BCUT2D eigenvalue weighted by Crippen LogP contribution is -2.38. The summed E-state index contributed by atoms with van der Waals surface area (Å²) in [5, 5.41) is 40.9. The zero-order valence-electron chi connectivity index (χ0n) is 27.0. The van der Waals surface area contributed by atoms with Crippen molar-refractivity contribution in [3.8, 4) is 0 Å². The normalized spacial score (nSPS) is 26.4. The molecule has 0 aromatic carbocycles. The third kappa shape index (κ3) is 10.3. The van der Waals surface area contributed by atoms with E-state index in [1.54, 1.807) is 18.4 Å². The molecule has 22 heteroatoms. The SMILES string of the molecule is Cc1cn([C@@H]2O[C@H](CO)[C@@H](O)[C@H]2OCCCN)c(=S)[nH]c1=O.Cc1cn([C@@H]2O[C@H](CO)[C@@H](O)[C@H]2OCCCNC(=O)C(F)(F)F)c(=S)[nH]c1=O. The number of nitrogens with two attached hydrogens (primary N) is 1. The molecule has 282 valence electrons. The van der Waals surface area contributed by atoms with Gasteiger partial charge in [-0.2, -0.15) is 13.2 Å². The molecule has 4 rings (SSSR count). The van der Waals surface area contributed by atoms with Crippen LogP contribution < -0.4 is 22.2 Å². The summed E-state index contributed by atoms with van der Waals surface area (Å²) >= 11 is 10.2. The molecule has 4 heterocycles. The Balaban J connectivity index is 0.000000278. The maximum Gasteiger partial charge on any atom is 0.471 e. The van der Waals surface area contributed by atoms with Crippen LogP contribution in [0.25, 0.3) is 0 Å². The number of carbonyl (C=O) groups is 1. The predicted molar refractivity (Wildman–Crippen MR) is 172 cm³/mol. The zero-order valence-corrected chi connectivity index (χ0v) is 28.6. The fourth-order valence-corrected chi connectivity index (χ4v) is 5.49. The van der Waals surface area contributed by atoms with Crippen LogP contribution in [0.15, 0.2) is 22.0 Å². The van der Waals surface area contributed by atoms with Gasteiger partial charge in [-0.15, -0.1) is 0 Å². The Labute approximate surface area is 292 Å². The molecule has 2 aromatic heterocycles. The number of halogens is 3. The van der Waals surface area contributed by atoms with Crippen LogP contribution in [0.3, 0.4) is 0 Å². The van der Waals surface area contributed by atoms with Crippen molar-refractivity contribution in [2.24, 2.45) is 5.73 Å². The van der Waals surface area contributed by atoms with E-state index in [-0.39, 0.29) is 41.3 Å². The van der Waals surface area contributed by atoms with Gasteiger partial charge in [-0.05, 0) is 57.7 Å². The summed E-state index contributed by atoms with van der Waals surface area (Å²) in [6.07, 6.45) is -8.73. The number of aliphatic hydroxyl groups is 4. The summed E-state index contributed by atoms with van der Waals surface area (Å²) in [7, 11) is 0. The van der Waals surface area contributed by atoms with Crippen LogP contribution in [0, 0.1) is 23.4 Å². The topological polar surface area (TPSA) is 249 Å². The van der Waals surface area contributed by atoms with Crippen molar-refractivity contribution in [2.45, 2.75) is 81.9 Å². The summed E-state index contributed by atoms with van der Waals surface area (Å²) in [4.78, 5) is 38.9. The van der Waals surface area contributed by atoms with Gasteiger partial charge >= 0.3 is 12.1 Å². The van der Waals surface area contributed by atoms with Gasteiger partial charge in [0.25, 0.3) is 11.1 Å². The summed E-state index contributed by atoms with van der Waals surface area (Å²) in [6.45, 7) is 2.77. The highest BCUT2D eigenvalue weighted by molar-refractivity contribution is 7.71. The molecule has 17 nitrogen and oxygen atoms in total. The lowest BCUT2D eigenvalue weighted by molar-refractivity contribution is -0.173. The predicted octanol–water partition coefficient (Wildman–Crippen LogP) is -0.882. The maximum absolute atomic E-state index is 12.1. The number of aromatic amines is 2. The van der Waals surface area contributed by atoms with Crippen molar-refractivity contribution in [2.75, 3.05) is 39.5 Å². The monoisotopic (exact) mass is 758 g/mol. The molecule has 1 amide bonds. The van der Waals surface area contributed by atoms with Gasteiger partial charge in [-0.3, -0.25) is 33.5 Å². The van der Waals surface area contributed by atoms with E-state index in [1.165, 1.54) is 22.3 Å². The van der Waals surface area contributed by atoms with Crippen molar-refractivity contribution in [1.29, 1.82) is 0 Å². The van der Waals surface area contributed by atoms with E-state index in [9.17, 15) is 48.0 Å². The molecule has 50 heavy (non-hydrogen) atoms. The number of hydrogen-bond acceptors (Lipinski definition) is 14. The van der Waals surface area contributed by atoms with Crippen molar-refractivity contribution >= 4 is 30.3 Å². The molecular formula is C28H41F3N6O11S2. The Morgan fingerprint density at radius 3 is 1.70 bits per heavy atom. The van der Waals surface area contributed by atoms with Gasteiger partial charge < -0.3 is 50.4 Å². The highest BCUT2D eigenvalue weighted by Crippen LogP contribution is 2.33. The molecule has 2 fully saturated rings. The molecule has 8 atom stereocenters. The second-order valence-corrected chi connectivity index (χ2v) is 12.1. The Morgan fingerprint density at radius 1 is 0.900 bits per heavy atom. The van der Waals surface area contributed by atoms with E-state index in [4.69, 9.17) is 49.1 Å². The van der Waals surface area contributed by atoms with Crippen molar-refractivity contribution < 1.29 is 57.3 Å². The fourth-order valence-electron chi connectivity index (χ4n) is 4.99. The van der Waals surface area contributed by atoms with Gasteiger partial charge in [0.2, 0.25) is 0 Å². The number of rotatable bonds is 13. The largest absolute Gasteiger partial charge is 0.471 e. The number of carbonyl (C=O) groups excluding carboxylic acids is 1. The average Bonchev–Trinajstić information content (AvgIpc) is 3.55. The van der Waals surface area contributed by atoms with E-state index in [0.717, 1.165) is 0 Å². The van der Waals surface area contributed by atoms with Gasteiger partial charge in [0.1, 0.15) is 36.6 Å². The number of aromatic nitrogens is 4. The number of hydrogen-bond donors (Lipinski definition) is 8. The molecule has 0 radical (unpaired) electrons. The summed E-state index contributed by atoms with van der Waals surface area (Å²) < 4.78 is 61.8. The zero-order chi connectivity index (χ0) is 37.3. The van der Waals surface area contributed by atoms with E-state index < -0.39 is 73.3 Å². The summed E-state index contributed by atoms with van der Waals surface area (Å²) in [5.74, 6) is -2.05. The standard InChI is InChI=1S/C15H20F3N3O6S.C13H21N3O5S/c1-7-5-21(14(28)20-11(7)24)12-10(9(23)8(6-22)27-12)26-4-2-3-19-13(25)15(16,17)18;1-7-5-16(13(22)15-11(7)19)12-10(20-4-2-3-14)9(18)8(6-17)21-12/h5,8-10,12,22-23H,2-4,6H2,1H3,(H,19,25)(H,20,24,28);5,8-10,12,17-18H,2-4,6,14H2,1H3,(H,15,19,22)/t2*8-,9-,10-,12-/m11/s1. The number of alkyl halides is 3. The van der Waals surface area contributed by atoms with Crippen LogP contribution >= 0.6 is 24.4 Å². The number of ether oxygens (including phenoxy) is 4. The van der Waals surface area contributed by atoms with Crippen LogP contribution in [0.2, 0.25) is 0 Å². The first-order valence-corrected chi connectivity index (χ1v) is 16.2. The second kappa shape index (κ2) is 18.5. The number of H-pyrrole nitrogens is 2. The van der Waals surface area contributed by atoms with Crippen LogP contribution in [-0.2, 0) is 23.7 Å². The van der Waals surface area contributed by atoms with Crippen LogP contribution in [0.1, 0.15) is 36.4 Å². The van der Waals surface area contributed by atoms with Gasteiger partial charge in [-0.1, -0.05) is 0 Å². The van der Waals surface area contributed by atoms with Crippen LogP contribution in [0.4, 0.5) is 13.2 Å². The Bertz CT molecular complexity index is 1670. The maximum atomic E-state index is 12.1. The first kappa shape index (κ1) is 41.5. The van der Waals surface area contributed by atoms with Gasteiger partial charge in [-0.25, -0.2) is 0 Å². The van der Waals surface area contributed by atoms with Gasteiger partial charge in [0.15, 0.2) is 22.0 Å². The smallest absolute Gasteiger partial charge is 0.394 e. The van der Waals surface area contributed by atoms with E-state index in [2.05, 4.69) is 9.97 Å². The first-order valence-electron chi connectivity index (χ1n) is 15.4. The van der Waals surface area contributed by atoms with Crippen molar-refractivity contribution in [3.63, 3.8) is 0 Å². The van der Waals surface area contributed by atoms with E-state index >= 15 is 0 Å². The molecule has 2 aliphatic heterocycles. The minimum absolute atomic E-state index is 0.0115. The summed E-state index contributed by atoms with van der Waals surface area (Å²) in [6, 6.07) is 0. The van der Waals surface area contributed by atoms with Gasteiger partial charge in [0, 0.05) is 43.3 Å². The highest BCUT2D eigenvalue weighted by atomic mass is 32.1. The molecule has 0 saturated carbocycles. The lowest BCUT2D eigenvalue weighted by atomic mass is 10.1. The third-order valence-electron chi connectivity index (χ3n) is 7.66. The summed E-state index contributed by atoms with van der Waals surface area (Å²) in [5.41, 5.74) is 5.55. The van der Waals surface area contributed by atoms with E-state index in [1.807, 2.05) is 0 Å². The Kier molecular flexibility index (Phi) is 15.4. The van der Waals surface area contributed by atoms with Crippen molar-refractivity contribution in [1.82, 2.24) is 24.4 Å². The number of nitrogens with one attached hydrogen (secondary N) is 3. The fraction of sp³-hybridized carbons (Fsp3) is 0.679. The average molecular weight is 759 g/mol. The van der Waals surface area contributed by atoms with Gasteiger partial charge in [0.05, 0.1) is 13.2 Å². The Hall–Kier alpha value is -2.90. The van der Waals surface area contributed by atoms with Crippen molar-refractivity contribution in [3.05, 3.63) is 53.8 Å². The quantitative estimate of drug-likeness (QED) is 0.0914. The molecular weight excluding hydrogens is 717 g/mol. The Morgan fingerprint density at radius 2 is 1.32 bits per heavy atom. The molecule has 0 bridgehead atoms. The molecule has 9 N–H and O–H groups in total. The van der Waals surface area contributed by atoms with Crippen LogP contribution in [-0.4, -0.2) is 128 Å². The minimum atomic E-state index is -4.96. The minimum Gasteiger partial charge on any atom is -0.394 e. The number of amides is 1. The first-order chi connectivity index (χ1) is 23.5. The molecule has 0 unspecified atom stereocenters. The third-order valence-corrected chi connectivity index (χ3v) is 8.28. The van der Waals surface area contributed by atoms with E-state index in [0.29, 0.717) is 30.7 Å². The second-order valence-electron chi connectivity index (χ2n) is 11.4. The number of aliphatic hydroxyl groups excluding tert-OH is 4. The molecule has 0 spiro atoms. The lowest BCUT2D eigenvalue weighted by Gasteiger charge is -2.23. The molecule has 2 aromatic rings. The number of nitrogens with zero attached hydrogens (tertiary/aromatic N) is 2. The van der Waals surface area contributed by atoms with Crippen LogP contribution in [0.5, 0.6) is 0 Å². The molecule has 2 aliphatic rings. The molecule has 2 saturated heterocycles.